The van der Waals surface area contributed by atoms with Gasteiger partial charge in [-0.2, -0.15) is 5.26 Å². The minimum atomic E-state index is -0.613. The first-order chi connectivity index (χ1) is 8.93. The number of benzene rings is 1. The van der Waals surface area contributed by atoms with Crippen molar-refractivity contribution in [3.8, 4) is 17.6 Å². The molecule has 0 bridgehead atoms. The third kappa shape index (κ3) is 4.36. The van der Waals surface area contributed by atoms with Crippen LogP contribution in [-0.2, 0) is 9.53 Å². The average molecular weight is 261 g/mol. The summed E-state index contributed by atoms with van der Waals surface area (Å²) in [5, 5.41) is 27.5. The number of phenolic OH excluding ortho intramolecular Hbond substituents is 2. The largest absolute Gasteiger partial charge is 0.504 e. The van der Waals surface area contributed by atoms with Crippen molar-refractivity contribution in [2.45, 2.75) is 13.8 Å². The molecule has 0 amide bonds. The summed E-state index contributed by atoms with van der Waals surface area (Å²) in [7, 11) is 0. The molecule has 5 heteroatoms. The van der Waals surface area contributed by atoms with Crippen molar-refractivity contribution in [2.24, 2.45) is 5.92 Å². The summed E-state index contributed by atoms with van der Waals surface area (Å²) in [6, 6.07) is 5.74. The van der Waals surface area contributed by atoms with Crippen LogP contribution >= 0.6 is 0 Å². The highest BCUT2D eigenvalue weighted by atomic mass is 16.5. The van der Waals surface area contributed by atoms with E-state index in [1.807, 2.05) is 19.9 Å². The first-order valence-corrected chi connectivity index (χ1v) is 5.75. The molecule has 0 saturated carbocycles. The molecule has 0 spiro atoms. The summed E-state index contributed by atoms with van der Waals surface area (Å²) in [5.74, 6) is -1.05. The van der Waals surface area contributed by atoms with Crippen LogP contribution in [0.2, 0.25) is 0 Å². The van der Waals surface area contributed by atoms with Gasteiger partial charge in [-0.25, -0.2) is 4.79 Å². The van der Waals surface area contributed by atoms with Gasteiger partial charge in [0.25, 0.3) is 0 Å². The van der Waals surface area contributed by atoms with Gasteiger partial charge in [-0.3, -0.25) is 0 Å². The third-order valence-corrected chi connectivity index (χ3v) is 2.23. The van der Waals surface area contributed by atoms with Crippen LogP contribution in [0.5, 0.6) is 11.5 Å². The number of carbonyl (C=O) groups is 1. The van der Waals surface area contributed by atoms with Crippen molar-refractivity contribution in [3.05, 3.63) is 29.8 Å². The Kier molecular flexibility index (Phi) is 4.95. The monoisotopic (exact) mass is 261 g/mol. The maximum atomic E-state index is 11.5. The van der Waals surface area contributed by atoms with Crippen molar-refractivity contribution < 1.29 is 19.7 Å². The van der Waals surface area contributed by atoms with Crippen LogP contribution in [0.25, 0.3) is 5.57 Å². The van der Waals surface area contributed by atoms with Gasteiger partial charge in [-0.15, -0.1) is 0 Å². The van der Waals surface area contributed by atoms with Crippen LogP contribution in [0.1, 0.15) is 19.4 Å². The highest BCUT2D eigenvalue weighted by molar-refractivity contribution is 5.95. The van der Waals surface area contributed by atoms with E-state index in [-0.39, 0.29) is 29.6 Å². The highest BCUT2D eigenvalue weighted by Gasteiger charge is 2.08. The lowest BCUT2D eigenvalue weighted by Gasteiger charge is -2.05. The molecule has 0 aliphatic heterocycles. The molecule has 5 nitrogen and oxygen atoms in total. The summed E-state index contributed by atoms with van der Waals surface area (Å²) in [6.45, 7) is 4.08. The number of nitrogens with zero attached hydrogens (tertiary/aromatic N) is 1. The normalized spacial score (nSPS) is 11.2. The van der Waals surface area contributed by atoms with Crippen molar-refractivity contribution >= 4 is 11.5 Å². The second-order valence-corrected chi connectivity index (χ2v) is 4.40. The van der Waals surface area contributed by atoms with E-state index in [9.17, 15) is 15.0 Å². The van der Waals surface area contributed by atoms with E-state index in [0.29, 0.717) is 5.56 Å². The zero-order chi connectivity index (χ0) is 14.4. The number of hydrogen-bond donors (Lipinski definition) is 2. The second-order valence-electron chi connectivity index (χ2n) is 4.40. The zero-order valence-corrected chi connectivity index (χ0v) is 10.8. The molecule has 0 heterocycles. The Morgan fingerprint density at radius 2 is 2.11 bits per heavy atom. The molecule has 1 aromatic carbocycles. The van der Waals surface area contributed by atoms with Crippen LogP contribution in [-0.4, -0.2) is 22.8 Å². The molecule has 0 aliphatic carbocycles. The van der Waals surface area contributed by atoms with Crippen LogP contribution in [0.15, 0.2) is 24.3 Å². The van der Waals surface area contributed by atoms with Crippen molar-refractivity contribution in [3.63, 3.8) is 0 Å². The summed E-state index contributed by atoms with van der Waals surface area (Å²) >= 11 is 0. The Balaban J connectivity index is 2.91. The molecule has 0 unspecified atom stereocenters. The number of nitriles is 1. The number of ether oxygens (including phenoxy) is 1. The molecule has 1 aromatic rings. The molecular weight excluding hydrogens is 246 g/mol. The average Bonchev–Trinajstić information content (AvgIpc) is 2.37. The lowest BCUT2D eigenvalue weighted by Crippen LogP contribution is -2.07. The topological polar surface area (TPSA) is 90.6 Å². The number of esters is 1. The van der Waals surface area contributed by atoms with Gasteiger partial charge in [-0.05, 0) is 29.7 Å². The van der Waals surface area contributed by atoms with Crippen molar-refractivity contribution in [2.75, 3.05) is 6.61 Å². The Morgan fingerprint density at radius 1 is 1.42 bits per heavy atom. The van der Waals surface area contributed by atoms with E-state index < -0.39 is 5.97 Å². The van der Waals surface area contributed by atoms with Crippen LogP contribution in [0.3, 0.4) is 0 Å². The minimum absolute atomic E-state index is 0.0593. The summed E-state index contributed by atoms with van der Waals surface area (Å²) < 4.78 is 4.93. The maximum Gasteiger partial charge on any atom is 0.332 e. The van der Waals surface area contributed by atoms with Gasteiger partial charge in [0.1, 0.15) is 6.07 Å². The molecule has 100 valence electrons. The molecule has 0 atom stereocenters. The highest BCUT2D eigenvalue weighted by Crippen LogP contribution is 2.28. The zero-order valence-electron chi connectivity index (χ0n) is 10.8. The number of allylic oxidation sites excluding steroid dienone is 1. The third-order valence-electron chi connectivity index (χ3n) is 2.23. The van der Waals surface area contributed by atoms with Crippen molar-refractivity contribution in [1.82, 2.24) is 0 Å². The van der Waals surface area contributed by atoms with E-state index in [4.69, 9.17) is 10.00 Å². The van der Waals surface area contributed by atoms with Crippen LogP contribution in [0, 0.1) is 17.2 Å². The van der Waals surface area contributed by atoms with E-state index in [1.165, 1.54) is 18.2 Å². The molecule has 0 fully saturated rings. The predicted molar refractivity (Wildman–Crippen MR) is 69.2 cm³/mol. The number of phenols is 2. The second kappa shape index (κ2) is 6.45. The number of rotatable bonds is 4. The summed E-state index contributed by atoms with van der Waals surface area (Å²) in [4.78, 5) is 11.5. The molecule has 0 saturated heterocycles. The van der Waals surface area contributed by atoms with Gasteiger partial charge >= 0.3 is 5.97 Å². The van der Waals surface area contributed by atoms with Gasteiger partial charge in [-0.1, -0.05) is 13.8 Å². The van der Waals surface area contributed by atoms with Gasteiger partial charge in [0.15, 0.2) is 11.5 Å². The molecule has 0 aliphatic rings. The summed E-state index contributed by atoms with van der Waals surface area (Å²) in [6.07, 6.45) is 1.06. The molecule has 0 aromatic heterocycles. The van der Waals surface area contributed by atoms with Gasteiger partial charge in [0.05, 0.1) is 12.2 Å². The standard InChI is InChI=1S/C14H15NO4/c1-9(2)8-19-14(18)6-11(7-15)10-3-4-12(16)13(17)5-10/h3-6,9,16-17H,8H2,1-2H3. The Labute approximate surface area is 111 Å². The van der Waals surface area contributed by atoms with E-state index in [2.05, 4.69) is 0 Å². The predicted octanol–water partition coefficient (Wildman–Crippen LogP) is 2.20. The molecular formula is C14H15NO4. The number of aromatic hydroxyl groups is 2. The minimum Gasteiger partial charge on any atom is -0.504 e. The SMILES string of the molecule is CC(C)COC(=O)C=C(C#N)c1ccc(O)c(O)c1. The number of carbonyl (C=O) groups excluding carboxylic acids is 1. The van der Waals surface area contributed by atoms with E-state index in [1.54, 1.807) is 0 Å². The fourth-order valence-electron chi connectivity index (χ4n) is 1.28. The lowest BCUT2D eigenvalue weighted by molar-refractivity contribution is -0.138. The van der Waals surface area contributed by atoms with Crippen molar-refractivity contribution in [1.29, 1.82) is 5.26 Å². The summed E-state index contributed by atoms with van der Waals surface area (Å²) in [5.41, 5.74) is 0.392. The first kappa shape index (κ1) is 14.6. The molecule has 0 radical (unpaired) electrons. The number of hydrogen-bond acceptors (Lipinski definition) is 5. The Morgan fingerprint density at radius 3 is 2.63 bits per heavy atom. The molecule has 2 N–H and O–H groups in total. The first-order valence-electron chi connectivity index (χ1n) is 5.75. The van der Waals surface area contributed by atoms with Gasteiger partial charge < -0.3 is 14.9 Å². The van der Waals surface area contributed by atoms with Gasteiger partial charge in [0, 0.05) is 6.08 Å². The van der Waals surface area contributed by atoms with Gasteiger partial charge in [0.2, 0.25) is 0 Å². The molecule has 1 rings (SSSR count). The Hall–Kier alpha value is -2.48. The van der Waals surface area contributed by atoms with E-state index in [0.717, 1.165) is 6.08 Å². The fourth-order valence-corrected chi connectivity index (χ4v) is 1.28. The maximum absolute atomic E-state index is 11.5. The van der Waals surface area contributed by atoms with E-state index >= 15 is 0 Å². The van der Waals surface area contributed by atoms with Crippen LogP contribution < -0.4 is 0 Å². The fraction of sp³-hybridized carbons (Fsp3) is 0.286. The Bertz CT molecular complexity index is 541. The quantitative estimate of drug-likeness (QED) is 0.375. The smallest absolute Gasteiger partial charge is 0.332 e. The van der Waals surface area contributed by atoms with Crippen LogP contribution in [0.4, 0.5) is 0 Å². The molecule has 19 heavy (non-hydrogen) atoms. The lowest BCUT2D eigenvalue weighted by atomic mass is 10.1.